The van der Waals surface area contributed by atoms with Gasteiger partial charge in [-0.3, -0.25) is 0 Å². The lowest BCUT2D eigenvalue weighted by atomic mass is 10.1. The van der Waals surface area contributed by atoms with Crippen molar-refractivity contribution in [2.45, 2.75) is 12.8 Å². The third kappa shape index (κ3) is 2.22. The first-order valence-corrected chi connectivity index (χ1v) is 4.18. The highest BCUT2D eigenvalue weighted by Gasteiger charge is 2.10. The Balaban J connectivity index is 2.95. The van der Waals surface area contributed by atoms with Crippen LogP contribution in [0.3, 0.4) is 0 Å². The molecule has 0 saturated heterocycles. The number of rotatable bonds is 4. The number of halogens is 1. The smallest absolute Gasteiger partial charge is 0.196 e. The molecule has 0 saturated carbocycles. The Kier molecular flexibility index (Phi) is 3.45. The van der Waals surface area contributed by atoms with E-state index in [9.17, 15) is 14.3 Å². The predicted octanol–water partition coefficient (Wildman–Crippen LogP) is 1.67. The molecule has 76 valence electrons. The lowest BCUT2D eigenvalue weighted by molar-refractivity contribution is -0.107. The van der Waals surface area contributed by atoms with E-state index < -0.39 is 5.82 Å². The van der Waals surface area contributed by atoms with E-state index in [1.807, 2.05) is 0 Å². The molecule has 1 aromatic rings. The van der Waals surface area contributed by atoms with Gasteiger partial charge in [0.05, 0.1) is 7.11 Å². The second-order valence-corrected chi connectivity index (χ2v) is 2.84. The van der Waals surface area contributed by atoms with Gasteiger partial charge in [-0.25, -0.2) is 4.39 Å². The van der Waals surface area contributed by atoms with Gasteiger partial charge in [-0.15, -0.1) is 0 Å². The maximum Gasteiger partial charge on any atom is 0.196 e. The Morgan fingerprint density at radius 3 is 2.79 bits per heavy atom. The van der Waals surface area contributed by atoms with E-state index in [-0.39, 0.29) is 11.5 Å². The standard InChI is InChI=1S/C10H11FO3/c1-14-10-8(11)5-7(3-2-4-12)6-9(10)13/h4-6,13H,2-3H2,1H3. The fourth-order valence-electron chi connectivity index (χ4n) is 1.21. The topological polar surface area (TPSA) is 46.5 Å². The van der Waals surface area contributed by atoms with Crippen LogP contribution in [0, 0.1) is 5.82 Å². The Morgan fingerprint density at radius 2 is 2.29 bits per heavy atom. The molecule has 0 heterocycles. The molecule has 0 atom stereocenters. The van der Waals surface area contributed by atoms with Crippen molar-refractivity contribution in [2.24, 2.45) is 0 Å². The van der Waals surface area contributed by atoms with Crippen LogP contribution in [0.4, 0.5) is 4.39 Å². The third-order valence-electron chi connectivity index (χ3n) is 1.84. The number of ether oxygens (including phenoxy) is 1. The highest BCUT2D eigenvalue weighted by atomic mass is 19.1. The molecular formula is C10H11FO3. The highest BCUT2D eigenvalue weighted by Crippen LogP contribution is 2.30. The Labute approximate surface area is 81.1 Å². The van der Waals surface area contributed by atoms with Gasteiger partial charge in [0, 0.05) is 6.42 Å². The fraction of sp³-hybridized carbons (Fsp3) is 0.300. The van der Waals surface area contributed by atoms with Crippen LogP contribution in [0.2, 0.25) is 0 Å². The van der Waals surface area contributed by atoms with Crippen LogP contribution in [0.5, 0.6) is 11.5 Å². The van der Waals surface area contributed by atoms with Crippen LogP contribution in [-0.4, -0.2) is 18.5 Å². The summed E-state index contributed by atoms with van der Waals surface area (Å²) in [5.41, 5.74) is 0.577. The number of aryl methyl sites for hydroxylation is 1. The molecule has 1 rings (SSSR count). The zero-order chi connectivity index (χ0) is 10.6. The predicted molar refractivity (Wildman–Crippen MR) is 49.0 cm³/mol. The molecule has 1 N–H and O–H groups in total. The lowest BCUT2D eigenvalue weighted by Gasteiger charge is -2.06. The summed E-state index contributed by atoms with van der Waals surface area (Å²) < 4.78 is 17.8. The zero-order valence-corrected chi connectivity index (χ0v) is 7.79. The van der Waals surface area contributed by atoms with Crippen molar-refractivity contribution in [3.05, 3.63) is 23.5 Å². The van der Waals surface area contributed by atoms with Crippen molar-refractivity contribution in [2.75, 3.05) is 7.11 Å². The summed E-state index contributed by atoms with van der Waals surface area (Å²) in [5.74, 6) is -1.03. The summed E-state index contributed by atoms with van der Waals surface area (Å²) in [6.45, 7) is 0. The number of methoxy groups -OCH3 is 1. The molecule has 0 fully saturated rings. The third-order valence-corrected chi connectivity index (χ3v) is 1.84. The van der Waals surface area contributed by atoms with Gasteiger partial charge in [-0.05, 0) is 24.1 Å². The zero-order valence-electron chi connectivity index (χ0n) is 7.79. The Morgan fingerprint density at radius 1 is 1.57 bits per heavy atom. The van der Waals surface area contributed by atoms with Crippen molar-refractivity contribution in [3.63, 3.8) is 0 Å². The summed E-state index contributed by atoms with van der Waals surface area (Å²) in [7, 11) is 1.28. The van der Waals surface area contributed by atoms with E-state index >= 15 is 0 Å². The van der Waals surface area contributed by atoms with E-state index in [1.165, 1.54) is 19.2 Å². The van der Waals surface area contributed by atoms with Crippen LogP contribution >= 0.6 is 0 Å². The number of carbonyl (C=O) groups excluding carboxylic acids is 1. The van der Waals surface area contributed by atoms with Gasteiger partial charge >= 0.3 is 0 Å². The normalized spacial score (nSPS) is 9.86. The fourth-order valence-corrected chi connectivity index (χ4v) is 1.21. The Hall–Kier alpha value is -1.58. The van der Waals surface area contributed by atoms with E-state index in [0.29, 0.717) is 18.4 Å². The van der Waals surface area contributed by atoms with Gasteiger partial charge in [0.1, 0.15) is 6.29 Å². The molecule has 0 spiro atoms. The van der Waals surface area contributed by atoms with Gasteiger partial charge in [0.15, 0.2) is 17.3 Å². The molecule has 0 unspecified atom stereocenters. The van der Waals surface area contributed by atoms with Crippen molar-refractivity contribution in [1.29, 1.82) is 0 Å². The van der Waals surface area contributed by atoms with Crippen LogP contribution in [0.25, 0.3) is 0 Å². The van der Waals surface area contributed by atoms with Gasteiger partial charge in [-0.1, -0.05) is 0 Å². The molecule has 0 aromatic heterocycles. The Bertz CT molecular complexity index is 313. The second kappa shape index (κ2) is 4.60. The quantitative estimate of drug-likeness (QED) is 0.748. The molecular weight excluding hydrogens is 187 g/mol. The van der Waals surface area contributed by atoms with Crippen LogP contribution in [0.1, 0.15) is 12.0 Å². The molecule has 0 aliphatic carbocycles. The SMILES string of the molecule is COc1c(O)cc(CCC=O)cc1F. The lowest BCUT2D eigenvalue weighted by Crippen LogP contribution is -1.93. The molecule has 0 bridgehead atoms. The average molecular weight is 198 g/mol. The highest BCUT2D eigenvalue weighted by molar-refractivity contribution is 5.51. The maximum atomic E-state index is 13.2. The molecule has 0 aliphatic rings. The largest absolute Gasteiger partial charge is 0.504 e. The number of phenolic OH excluding ortho intramolecular Hbond substituents is 1. The minimum atomic E-state index is -0.617. The summed E-state index contributed by atoms with van der Waals surface area (Å²) in [5, 5.41) is 9.32. The molecule has 3 nitrogen and oxygen atoms in total. The van der Waals surface area contributed by atoms with Gasteiger partial charge in [-0.2, -0.15) is 0 Å². The van der Waals surface area contributed by atoms with E-state index in [0.717, 1.165) is 6.29 Å². The van der Waals surface area contributed by atoms with Crippen molar-refractivity contribution >= 4 is 6.29 Å². The molecule has 14 heavy (non-hydrogen) atoms. The van der Waals surface area contributed by atoms with Crippen molar-refractivity contribution in [3.8, 4) is 11.5 Å². The molecule has 4 heteroatoms. The maximum absolute atomic E-state index is 13.2. The van der Waals surface area contributed by atoms with Crippen LogP contribution < -0.4 is 4.74 Å². The average Bonchev–Trinajstić information content (AvgIpc) is 2.14. The van der Waals surface area contributed by atoms with Gasteiger partial charge in [0.25, 0.3) is 0 Å². The van der Waals surface area contributed by atoms with Crippen molar-refractivity contribution in [1.82, 2.24) is 0 Å². The number of hydrogen-bond donors (Lipinski definition) is 1. The number of hydrogen-bond acceptors (Lipinski definition) is 3. The van der Waals surface area contributed by atoms with Crippen molar-refractivity contribution < 1.29 is 19.0 Å². The summed E-state index contributed by atoms with van der Waals surface area (Å²) in [6.07, 6.45) is 1.47. The summed E-state index contributed by atoms with van der Waals surface area (Å²) >= 11 is 0. The van der Waals surface area contributed by atoms with Crippen LogP contribution in [-0.2, 0) is 11.2 Å². The molecule has 1 aromatic carbocycles. The number of carbonyl (C=O) groups is 1. The first-order valence-electron chi connectivity index (χ1n) is 4.18. The number of phenols is 1. The second-order valence-electron chi connectivity index (χ2n) is 2.84. The van der Waals surface area contributed by atoms with E-state index in [2.05, 4.69) is 4.74 Å². The monoisotopic (exact) mass is 198 g/mol. The number of aromatic hydroxyl groups is 1. The summed E-state index contributed by atoms with van der Waals surface area (Å²) in [4.78, 5) is 10.1. The summed E-state index contributed by atoms with van der Waals surface area (Å²) in [6, 6.07) is 2.65. The molecule has 0 radical (unpaired) electrons. The first-order chi connectivity index (χ1) is 6.69. The minimum Gasteiger partial charge on any atom is -0.504 e. The molecule has 0 amide bonds. The van der Waals surface area contributed by atoms with E-state index in [1.54, 1.807) is 0 Å². The minimum absolute atomic E-state index is 0.167. The number of aldehydes is 1. The van der Waals surface area contributed by atoms with E-state index in [4.69, 9.17) is 0 Å². The number of benzene rings is 1. The molecule has 0 aliphatic heterocycles. The van der Waals surface area contributed by atoms with Gasteiger partial charge < -0.3 is 14.6 Å². The first kappa shape index (κ1) is 10.5. The van der Waals surface area contributed by atoms with Crippen LogP contribution in [0.15, 0.2) is 12.1 Å². The van der Waals surface area contributed by atoms with Gasteiger partial charge in [0.2, 0.25) is 0 Å².